The van der Waals surface area contributed by atoms with E-state index in [1.54, 1.807) is 6.92 Å². The Labute approximate surface area is 118 Å². The van der Waals surface area contributed by atoms with Crippen LogP contribution in [0.5, 0.6) is 0 Å². The van der Waals surface area contributed by atoms with Crippen LogP contribution >= 0.6 is 0 Å². The first-order valence-corrected chi connectivity index (χ1v) is 6.71. The Morgan fingerprint density at radius 2 is 1.95 bits per heavy atom. The molecule has 0 radical (unpaired) electrons. The van der Waals surface area contributed by atoms with Crippen molar-refractivity contribution in [1.29, 1.82) is 0 Å². The van der Waals surface area contributed by atoms with E-state index in [0.29, 0.717) is 6.42 Å². The molecule has 2 atom stereocenters. The highest BCUT2D eigenvalue weighted by molar-refractivity contribution is 5.84. The molecule has 5 heteroatoms. The minimum atomic E-state index is -0.741. The van der Waals surface area contributed by atoms with Crippen molar-refractivity contribution < 1.29 is 19.4 Å². The highest BCUT2D eigenvalue weighted by Crippen LogP contribution is 2.05. The summed E-state index contributed by atoms with van der Waals surface area (Å²) in [6, 6.07) is 8.66. The third-order valence-corrected chi connectivity index (χ3v) is 2.67. The predicted molar refractivity (Wildman–Crippen MR) is 75.0 cm³/mol. The van der Waals surface area contributed by atoms with E-state index < -0.39 is 18.1 Å². The van der Waals surface area contributed by atoms with Crippen molar-refractivity contribution in [3.63, 3.8) is 0 Å². The summed E-state index contributed by atoms with van der Waals surface area (Å²) in [6.45, 7) is 3.50. The van der Waals surface area contributed by atoms with Crippen molar-refractivity contribution >= 4 is 11.9 Å². The van der Waals surface area contributed by atoms with Gasteiger partial charge in [-0.15, -0.1) is 0 Å². The molecule has 20 heavy (non-hydrogen) atoms. The van der Waals surface area contributed by atoms with Gasteiger partial charge in [0, 0.05) is 6.42 Å². The van der Waals surface area contributed by atoms with E-state index in [9.17, 15) is 14.7 Å². The molecule has 1 rings (SSSR count). The number of aliphatic hydroxyl groups excluding tert-OH is 1. The van der Waals surface area contributed by atoms with Crippen molar-refractivity contribution in [3.8, 4) is 0 Å². The van der Waals surface area contributed by atoms with Crippen molar-refractivity contribution in [1.82, 2.24) is 5.32 Å². The number of ether oxygens (including phenoxy) is 1. The first-order valence-electron chi connectivity index (χ1n) is 6.71. The molecule has 2 N–H and O–H groups in total. The Balaban J connectivity index is 2.70. The van der Waals surface area contributed by atoms with E-state index in [2.05, 4.69) is 5.32 Å². The number of hydrogen-bond donors (Lipinski definition) is 2. The molecule has 0 saturated carbocycles. The SMILES string of the molecule is CCOC(=O)[C@H](Cc1ccccc1)NC(=O)CC(C)O. The summed E-state index contributed by atoms with van der Waals surface area (Å²) in [7, 11) is 0. The van der Waals surface area contributed by atoms with Crippen LogP contribution in [0, 0.1) is 0 Å². The van der Waals surface area contributed by atoms with Crippen LogP contribution in [-0.2, 0) is 20.7 Å². The Kier molecular flexibility index (Phi) is 6.73. The van der Waals surface area contributed by atoms with Crippen molar-refractivity contribution in [2.75, 3.05) is 6.61 Å². The van der Waals surface area contributed by atoms with E-state index in [4.69, 9.17) is 4.74 Å². The van der Waals surface area contributed by atoms with Crippen LogP contribution < -0.4 is 5.32 Å². The summed E-state index contributed by atoms with van der Waals surface area (Å²) in [4.78, 5) is 23.6. The van der Waals surface area contributed by atoms with Crippen LogP contribution in [0.4, 0.5) is 0 Å². The van der Waals surface area contributed by atoms with Crippen LogP contribution in [0.3, 0.4) is 0 Å². The number of aliphatic hydroxyl groups is 1. The number of rotatable bonds is 7. The fourth-order valence-electron chi connectivity index (χ4n) is 1.81. The predicted octanol–water partition coefficient (Wildman–Crippen LogP) is 1.05. The normalized spacial score (nSPS) is 13.3. The molecule has 5 nitrogen and oxygen atoms in total. The van der Waals surface area contributed by atoms with E-state index in [1.807, 2.05) is 30.3 Å². The second-order valence-electron chi connectivity index (χ2n) is 4.62. The Morgan fingerprint density at radius 3 is 2.50 bits per heavy atom. The molecule has 0 bridgehead atoms. The summed E-state index contributed by atoms with van der Waals surface area (Å²) < 4.78 is 4.97. The van der Waals surface area contributed by atoms with Gasteiger partial charge in [-0.3, -0.25) is 4.79 Å². The van der Waals surface area contributed by atoms with Gasteiger partial charge in [-0.05, 0) is 19.4 Å². The molecule has 1 aromatic rings. The lowest BCUT2D eigenvalue weighted by atomic mass is 10.1. The Hall–Kier alpha value is -1.88. The zero-order valence-electron chi connectivity index (χ0n) is 11.8. The molecule has 0 saturated heterocycles. The number of amides is 1. The van der Waals surface area contributed by atoms with Crippen molar-refractivity contribution in [2.45, 2.75) is 38.8 Å². The molecule has 0 aliphatic rings. The first-order chi connectivity index (χ1) is 9.52. The van der Waals surface area contributed by atoms with Gasteiger partial charge < -0.3 is 15.2 Å². The zero-order valence-corrected chi connectivity index (χ0v) is 11.8. The number of benzene rings is 1. The monoisotopic (exact) mass is 279 g/mol. The molecule has 1 unspecified atom stereocenters. The summed E-state index contributed by atoms with van der Waals surface area (Å²) in [5.74, 6) is -0.829. The van der Waals surface area contributed by atoms with E-state index in [0.717, 1.165) is 5.56 Å². The average Bonchev–Trinajstić information content (AvgIpc) is 2.38. The van der Waals surface area contributed by atoms with Gasteiger partial charge in [0.15, 0.2) is 0 Å². The number of hydrogen-bond acceptors (Lipinski definition) is 4. The molecule has 0 aromatic heterocycles. The average molecular weight is 279 g/mol. The quantitative estimate of drug-likeness (QED) is 0.731. The first kappa shape index (κ1) is 16.2. The van der Waals surface area contributed by atoms with Gasteiger partial charge in [0.25, 0.3) is 0 Å². The maximum atomic E-state index is 11.9. The second-order valence-corrected chi connectivity index (χ2v) is 4.62. The maximum absolute atomic E-state index is 11.9. The molecular weight excluding hydrogens is 258 g/mol. The number of carbonyl (C=O) groups is 2. The van der Waals surface area contributed by atoms with Crippen LogP contribution in [-0.4, -0.2) is 35.7 Å². The van der Waals surface area contributed by atoms with Crippen LogP contribution in [0.1, 0.15) is 25.8 Å². The van der Waals surface area contributed by atoms with Gasteiger partial charge in [0.2, 0.25) is 5.91 Å². The van der Waals surface area contributed by atoms with Crippen molar-refractivity contribution in [3.05, 3.63) is 35.9 Å². The lowest BCUT2D eigenvalue weighted by Crippen LogP contribution is -2.44. The number of esters is 1. The fourth-order valence-corrected chi connectivity index (χ4v) is 1.81. The molecule has 1 aromatic carbocycles. The summed E-state index contributed by atoms with van der Waals surface area (Å²) in [5.41, 5.74) is 0.933. The van der Waals surface area contributed by atoms with Gasteiger partial charge in [-0.2, -0.15) is 0 Å². The summed E-state index contributed by atoms with van der Waals surface area (Å²) >= 11 is 0. The molecule has 0 heterocycles. The topological polar surface area (TPSA) is 75.6 Å². The molecule has 0 spiro atoms. The molecule has 0 fully saturated rings. The van der Waals surface area contributed by atoms with Gasteiger partial charge in [0.1, 0.15) is 6.04 Å². The Bertz CT molecular complexity index is 431. The molecule has 1 amide bonds. The number of carbonyl (C=O) groups excluding carboxylic acids is 2. The third-order valence-electron chi connectivity index (χ3n) is 2.67. The van der Waals surface area contributed by atoms with Gasteiger partial charge in [-0.1, -0.05) is 30.3 Å². The fraction of sp³-hybridized carbons (Fsp3) is 0.467. The third kappa shape index (κ3) is 5.84. The summed E-state index contributed by atoms with van der Waals surface area (Å²) in [6.07, 6.45) is -0.412. The largest absolute Gasteiger partial charge is 0.464 e. The zero-order chi connectivity index (χ0) is 15.0. The van der Waals surface area contributed by atoms with Crippen LogP contribution in [0.25, 0.3) is 0 Å². The molecule has 110 valence electrons. The van der Waals surface area contributed by atoms with E-state index in [1.165, 1.54) is 6.92 Å². The van der Waals surface area contributed by atoms with Crippen molar-refractivity contribution in [2.24, 2.45) is 0 Å². The standard InChI is InChI=1S/C15H21NO4/c1-3-20-15(19)13(16-14(18)9-11(2)17)10-12-7-5-4-6-8-12/h4-8,11,13,17H,3,9-10H2,1-2H3,(H,16,18)/t11?,13-/m0/s1. The highest BCUT2D eigenvalue weighted by Gasteiger charge is 2.22. The van der Waals surface area contributed by atoms with Gasteiger partial charge >= 0.3 is 5.97 Å². The smallest absolute Gasteiger partial charge is 0.328 e. The van der Waals surface area contributed by atoms with Gasteiger partial charge in [-0.25, -0.2) is 4.79 Å². The maximum Gasteiger partial charge on any atom is 0.328 e. The van der Waals surface area contributed by atoms with Crippen LogP contribution in [0.2, 0.25) is 0 Å². The molecular formula is C15H21NO4. The lowest BCUT2D eigenvalue weighted by molar-refractivity contribution is -0.147. The van der Waals surface area contributed by atoms with E-state index in [-0.39, 0.29) is 18.9 Å². The number of nitrogens with one attached hydrogen (secondary N) is 1. The highest BCUT2D eigenvalue weighted by atomic mass is 16.5. The minimum Gasteiger partial charge on any atom is -0.464 e. The lowest BCUT2D eigenvalue weighted by Gasteiger charge is -2.18. The van der Waals surface area contributed by atoms with Crippen LogP contribution in [0.15, 0.2) is 30.3 Å². The minimum absolute atomic E-state index is 0.0370. The molecule has 0 aliphatic heterocycles. The Morgan fingerprint density at radius 1 is 1.30 bits per heavy atom. The summed E-state index contributed by atoms with van der Waals surface area (Å²) in [5, 5.41) is 11.8. The second kappa shape index (κ2) is 8.32. The van der Waals surface area contributed by atoms with Gasteiger partial charge in [0.05, 0.1) is 19.1 Å². The van der Waals surface area contributed by atoms with E-state index >= 15 is 0 Å². The molecule has 0 aliphatic carbocycles.